The normalized spacial score (nSPS) is 11.5. The van der Waals surface area contributed by atoms with Crippen molar-refractivity contribution in [2.75, 3.05) is 0 Å². The Morgan fingerprint density at radius 3 is 1.92 bits per heavy atom. The molecule has 0 spiro atoms. The molecule has 0 saturated heterocycles. The van der Waals surface area contributed by atoms with Crippen LogP contribution in [0.25, 0.3) is 61.2 Å². The van der Waals surface area contributed by atoms with E-state index < -0.39 is 0 Å². The third-order valence-electron chi connectivity index (χ3n) is 6.51. The van der Waals surface area contributed by atoms with Crippen molar-refractivity contribution in [2.24, 2.45) is 0 Å². The lowest BCUT2D eigenvalue weighted by Gasteiger charge is -2.13. The summed E-state index contributed by atoms with van der Waals surface area (Å²) in [4.78, 5) is 14.9. The summed E-state index contributed by atoms with van der Waals surface area (Å²) in [5.74, 6) is 1.45. The highest BCUT2D eigenvalue weighted by Crippen LogP contribution is 2.38. The van der Waals surface area contributed by atoms with Crippen molar-refractivity contribution in [3.8, 4) is 28.5 Å². The van der Waals surface area contributed by atoms with Crippen LogP contribution in [0.2, 0.25) is 5.15 Å². The fraction of sp³-hybridized carbons (Fsp3) is 0. The first-order valence-electron chi connectivity index (χ1n) is 11.8. The van der Waals surface area contributed by atoms with Crippen molar-refractivity contribution in [3.63, 3.8) is 0 Å². The third kappa shape index (κ3) is 3.27. The highest BCUT2D eigenvalue weighted by Gasteiger charge is 2.20. The van der Waals surface area contributed by atoms with Crippen LogP contribution in [-0.2, 0) is 0 Å². The first-order valence-corrected chi connectivity index (χ1v) is 12.1. The molecule has 4 nitrogen and oxygen atoms in total. The average molecular weight is 483 g/mol. The number of benzene rings is 4. The van der Waals surface area contributed by atoms with Crippen molar-refractivity contribution < 1.29 is 0 Å². The van der Waals surface area contributed by atoms with Gasteiger partial charge in [-0.2, -0.15) is 0 Å². The summed E-state index contributed by atoms with van der Waals surface area (Å²) in [6, 6.07) is 38.7. The van der Waals surface area contributed by atoms with E-state index >= 15 is 0 Å². The Bertz CT molecular complexity index is 1840. The van der Waals surface area contributed by atoms with Gasteiger partial charge in [0, 0.05) is 33.4 Å². The van der Waals surface area contributed by atoms with Gasteiger partial charge in [0.25, 0.3) is 0 Å². The minimum atomic E-state index is 0.499. The molecule has 0 saturated carbocycles. The first kappa shape index (κ1) is 20.8. The Labute approximate surface area is 212 Å². The third-order valence-corrected chi connectivity index (χ3v) is 6.79. The van der Waals surface area contributed by atoms with Gasteiger partial charge >= 0.3 is 0 Å². The van der Waals surface area contributed by atoms with Crippen molar-refractivity contribution in [2.45, 2.75) is 0 Å². The van der Waals surface area contributed by atoms with Gasteiger partial charge < -0.3 is 0 Å². The maximum atomic E-state index is 6.66. The van der Waals surface area contributed by atoms with E-state index in [4.69, 9.17) is 26.6 Å². The van der Waals surface area contributed by atoms with E-state index in [9.17, 15) is 0 Å². The Balaban J connectivity index is 1.64. The van der Waals surface area contributed by atoms with Gasteiger partial charge in [-0.05, 0) is 6.07 Å². The maximum Gasteiger partial charge on any atom is 0.162 e. The Kier molecular flexibility index (Phi) is 4.79. The van der Waals surface area contributed by atoms with Crippen LogP contribution in [0.4, 0.5) is 0 Å². The van der Waals surface area contributed by atoms with Crippen LogP contribution in [0.3, 0.4) is 0 Å². The van der Waals surface area contributed by atoms with Crippen molar-refractivity contribution in [1.82, 2.24) is 19.5 Å². The van der Waals surface area contributed by atoms with E-state index in [1.54, 1.807) is 0 Å². The standard InChI is InChI=1S/C31H19ClN4/c32-30-23-16-8-7-15-22(23)29-28(35-30)24-17-9-10-18-26(24)36(29)27-19-25(20-11-3-1-4-12-20)33-31(34-27)21-13-5-2-6-14-21/h1-19H. The second-order valence-corrected chi connectivity index (χ2v) is 9.02. The van der Waals surface area contributed by atoms with E-state index in [2.05, 4.69) is 41.0 Å². The molecule has 0 bridgehead atoms. The number of nitrogens with zero attached hydrogens (tertiary/aromatic N) is 4. The molecule has 3 aromatic heterocycles. The molecule has 36 heavy (non-hydrogen) atoms. The first-order chi connectivity index (χ1) is 17.8. The summed E-state index contributed by atoms with van der Waals surface area (Å²) in [7, 11) is 0. The van der Waals surface area contributed by atoms with Gasteiger partial charge in [0.1, 0.15) is 11.0 Å². The van der Waals surface area contributed by atoms with Gasteiger partial charge in [-0.15, -0.1) is 0 Å². The lowest BCUT2D eigenvalue weighted by Crippen LogP contribution is -2.03. The van der Waals surface area contributed by atoms with E-state index in [1.165, 1.54) is 0 Å². The van der Waals surface area contributed by atoms with Crippen molar-refractivity contribution in [1.29, 1.82) is 0 Å². The zero-order valence-electron chi connectivity index (χ0n) is 19.1. The number of para-hydroxylation sites is 1. The number of aromatic nitrogens is 4. The largest absolute Gasteiger partial charge is 0.291 e. The fourth-order valence-electron chi connectivity index (χ4n) is 4.87. The molecule has 0 amide bonds. The second kappa shape index (κ2) is 8.29. The van der Waals surface area contributed by atoms with Gasteiger partial charge in [0.15, 0.2) is 5.82 Å². The molecule has 0 aliphatic heterocycles. The van der Waals surface area contributed by atoms with Crippen LogP contribution >= 0.6 is 11.6 Å². The Hall–Kier alpha value is -4.54. The summed E-state index contributed by atoms with van der Waals surface area (Å²) >= 11 is 6.66. The van der Waals surface area contributed by atoms with E-state index in [0.29, 0.717) is 11.0 Å². The minimum Gasteiger partial charge on any atom is -0.291 e. The lowest BCUT2D eigenvalue weighted by atomic mass is 10.1. The molecule has 0 aliphatic carbocycles. The molecule has 7 aromatic rings. The summed E-state index contributed by atoms with van der Waals surface area (Å²) in [5, 5.41) is 3.47. The highest BCUT2D eigenvalue weighted by atomic mass is 35.5. The molecular formula is C31H19ClN4. The van der Waals surface area contributed by atoms with Crippen LogP contribution in [-0.4, -0.2) is 19.5 Å². The molecule has 0 N–H and O–H groups in total. The van der Waals surface area contributed by atoms with Gasteiger partial charge in [0.05, 0.1) is 22.2 Å². The van der Waals surface area contributed by atoms with E-state index in [0.717, 1.165) is 55.3 Å². The second-order valence-electron chi connectivity index (χ2n) is 8.67. The zero-order chi connectivity index (χ0) is 24.1. The van der Waals surface area contributed by atoms with Crippen LogP contribution in [0.5, 0.6) is 0 Å². The van der Waals surface area contributed by atoms with Crippen LogP contribution in [0.1, 0.15) is 0 Å². The molecule has 170 valence electrons. The molecule has 0 fully saturated rings. The molecule has 4 aromatic carbocycles. The number of pyridine rings is 1. The van der Waals surface area contributed by atoms with Gasteiger partial charge in [-0.3, -0.25) is 4.57 Å². The Morgan fingerprint density at radius 2 is 1.17 bits per heavy atom. The molecule has 3 heterocycles. The maximum absolute atomic E-state index is 6.66. The predicted octanol–water partition coefficient (Wildman–Crippen LogP) is 8.11. The van der Waals surface area contributed by atoms with Crippen LogP contribution in [0, 0.1) is 0 Å². The smallest absolute Gasteiger partial charge is 0.162 e. The summed E-state index contributed by atoms with van der Waals surface area (Å²) in [6.07, 6.45) is 0. The van der Waals surface area contributed by atoms with E-state index in [1.807, 2.05) is 78.9 Å². The SMILES string of the molecule is Clc1nc2c3ccccc3n(-c3cc(-c4ccccc4)nc(-c4ccccc4)n3)c2c2ccccc12. The summed E-state index contributed by atoms with van der Waals surface area (Å²) in [6.45, 7) is 0. The summed E-state index contributed by atoms with van der Waals surface area (Å²) in [5.41, 5.74) is 5.71. The zero-order valence-corrected chi connectivity index (χ0v) is 19.9. The predicted molar refractivity (Wildman–Crippen MR) is 148 cm³/mol. The molecule has 0 atom stereocenters. The minimum absolute atomic E-state index is 0.499. The number of rotatable bonds is 3. The number of fused-ring (bicyclic) bond motifs is 5. The molecular weight excluding hydrogens is 464 g/mol. The highest BCUT2D eigenvalue weighted by molar-refractivity contribution is 6.36. The Morgan fingerprint density at radius 1 is 0.556 bits per heavy atom. The van der Waals surface area contributed by atoms with Crippen LogP contribution in [0.15, 0.2) is 115 Å². The summed E-state index contributed by atoms with van der Waals surface area (Å²) < 4.78 is 2.19. The quantitative estimate of drug-likeness (QED) is 0.239. The number of halogens is 1. The van der Waals surface area contributed by atoms with Gasteiger partial charge in [-0.1, -0.05) is 115 Å². The van der Waals surface area contributed by atoms with Crippen molar-refractivity contribution in [3.05, 3.63) is 120 Å². The molecule has 5 heteroatoms. The van der Waals surface area contributed by atoms with Gasteiger partial charge in [-0.25, -0.2) is 15.0 Å². The molecule has 0 aliphatic rings. The fourth-order valence-corrected chi connectivity index (χ4v) is 5.12. The van der Waals surface area contributed by atoms with Crippen LogP contribution < -0.4 is 0 Å². The number of hydrogen-bond donors (Lipinski definition) is 0. The monoisotopic (exact) mass is 482 g/mol. The number of hydrogen-bond acceptors (Lipinski definition) is 3. The topological polar surface area (TPSA) is 43.6 Å². The average Bonchev–Trinajstić information content (AvgIpc) is 3.28. The molecule has 0 unspecified atom stereocenters. The van der Waals surface area contributed by atoms with E-state index in [-0.39, 0.29) is 0 Å². The van der Waals surface area contributed by atoms with Crippen molar-refractivity contribution >= 4 is 44.3 Å². The lowest BCUT2D eigenvalue weighted by molar-refractivity contribution is 1.05. The molecule has 0 radical (unpaired) electrons. The van der Waals surface area contributed by atoms with Gasteiger partial charge in [0.2, 0.25) is 0 Å². The molecule has 7 rings (SSSR count).